The van der Waals surface area contributed by atoms with Crippen LogP contribution in [0.5, 0.6) is 0 Å². The first-order chi connectivity index (χ1) is 14.9. The fourth-order valence-corrected chi connectivity index (χ4v) is 5.66. The summed E-state index contributed by atoms with van der Waals surface area (Å²) in [5.74, 6) is -0.0733. The van der Waals surface area contributed by atoms with Gasteiger partial charge in [0.1, 0.15) is 0 Å². The van der Waals surface area contributed by atoms with Crippen molar-refractivity contribution in [2.24, 2.45) is 0 Å². The fraction of sp³-hybridized carbons (Fsp3) is 0.435. The van der Waals surface area contributed by atoms with Gasteiger partial charge >= 0.3 is 0 Å². The van der Waals surface area contributed by atoms with Gasteiger partial charge in [-0.05, 0) is 50.1 Å². The molecular formula is C23H30N4O3S. The molecule has 1 saturated heterocycles. The highest BCUT2D eigenvalue weighted by atomic mass is 32.2. The molecule has 1 amide bonds. The second-order valence-electron chi connectivity index (χ2n) is 8.21. The number of piperazine rings is 1. The number of aryl methyl sites for hydroxylation is 1. The molecule has 0 atom stereocenters. The molecule has 1 N–H and O–H groups in total. The molecule has 8 heteroatoms. The summed E-state index contributed by atoms with van der Waals surface area (Å²) in [4.78, 5) is 17.2. The van der Waals surface area contributed by atoms with E-state index in [1.165, 1.54) is 15.6 Å². The average molecular weight is 443 g/mol. The summed E-state index contributed by atoms with van der Waals surface area (Å²) in [7, 11) is -3.49. The molecular weight excluding hydrogens is 412 g/mol. The van der Waals surface area contributed by atoms with Gasteiger partial charge in [-0.25, -0.2) is 8.42 Å². The minimum Gasteiger partial charge on any atom is -0.371 e. The van der Waals surface area contributed by atoms with Gasteiger partial charge in [0.15, 0.2) is 0 Å². The molecule has 0 saturated carbocycles. The Labute approximate surface area is 184 Å². The molecule has 2 aliphatic heterocycles. The van der Waals surface area contributed by atoms with Crippen LogP contribution in [0.15, 0.2) is 47.4 Å². The topological polar surface area (TPSA) is 73.0 Å². The fourth-order valence-electron chi connectivity index (χ4n) is 4.24. The highest BCUT2D eigenvalue weighted by Crippen LogP contribution is 2.30. The molecule has 4 rings (SSSR count). The Kier molecular flexibility index (Phi) is 6.31. The van der Waals surface area contributed by atoms with Crippen molar-refractivity contribution in [3.8, 4) is 0 Å². The number of nitrogens with one attached hydrogen (secondary N) is 1. The van der Waals surface area contributed by atoms with Gasteiger partial charge in [0.2, 0.25) is 15.9 Å². The summed E-state index contributed by atoms with van der Waals surface area (Å²) in [6.07, 6.45) is 1.05. The van der Waals surface area contributed by atoms with Crippen molar-refractivity contribution in [1.29, 1.82) is 0 Å². The Balaban J connectivity index is 1.31. The van der Waals surface area contributed by atoms with E-state index < -0.39 is 10.0 Å². The summed E-state index contributed by atoms with van der Waals surface area (Å²) < 4.78 is 27.2. The molecule has 0 aromatic heterocycles. The molecule has 2 aromatic carbocycles. The molecule has 1 fully saturated rings. The number of likely N-dealkylation sites (N-methyl/N-ethyl adjacent to an activating group) is 1. The van der Waals surface area contributed by atoms with E-state index in [1.807, 2.05) is 30.0 Å². The number of hydrogen-bond donors (Lipinski definition) is 1. The third kappa shape index (κ3) is 4.76. The zero-order chi connectivity index (χ0) is 22.0. The van der Waals surface area contributed by atoms with Crippen LogP contribution in [0.2, 0.25) is 0 Å². The maximum absolute atomic E-state index is 12.8. The molecule has 2 aromatic rings. The molecule has 2 heterocycles. The molecule has 7 nitrogen and oxygen atoms in total. The smallest absolute Gasteiger partial charge is 0.243 e. The van der Waals surface area contributed by atoms with Crippen molar-refractivity contribution in [3.05, 3.63) is 53.6 Å². The second-order valence-corrected chi connectivity index (χ2v) is 10.2. The summed E-state index contributed by atoms with van der Waals surface area (Å²) in [6.45, 7) is 8.15. The first-order valence-electron chi connectivity index (χ1n) is 10.8. The van der Waals surface area contributed by atoms with E-state index in [4.69, 9.17) is 0 Å². The third-order valence-corrected chi connectivity index (χ3v) is 8.01. The van der Waals surface area contributed by atoms with Crippen molar-refractivity contribution in [3.63, 3.8) is 0 Å². The van der Waals surface area contributed by atoms with Crippen LogP contribution in [-0.2, 0) is 21.2 Å². The van der Waals surface area contributed by atoms with Gasteiger partial charge in [0.05, 0.1) is 11.4 Å². The highest BCUT2D eigenvalue weighted by Gasteiger charge is 2.29. The number of rotatable bonds is 6. The maximum atomic E-state index is 12.8. The minimum atomic E-state index is -3.49. The van der Waals surface area contributed by atoms with Crippen LogP contribution in [0.4, 0.5) is 11.4 Å². The van der Waals surface area contributed by atoms with E-state index >= 15 is 0 Å². The van der Waals surface area contributed by atoms with Crippen molar-refractivity contribution >= 4 is 27.3 Å². The number of amides is 1. The average Bonchev–Trinajstić information content (AvgIpc) is 3.17. The van der Waals surface area contributed by atoms with Gasteiger partial charge in [-0.3, -0.25) is 9.69 Å². The zero-order valence-corrected chi connectivity index (χ0v) is 19.0. The first kappa shape index (κ1) is 21.8. The number of fused-ring (bicyclic) bond motifs is 1. The molecule has 0 bridgehead atoms. The molecule has 0 unspecified atom stereocenters. The van der Waals surface area contributed by atoms with Crippen LogP contribution >= 0.6 is 0 Å². The van der Waals surface area contributed by atoms with E-state index in [0.717, 1.165) is 30.8 Å². The van der Waals surface area contributed by atoms with Crippen molar-refractivity contribution in [2.45, 2.75) is 25.2 Å². The monoisotopic (exact) mass is 442 g/mol. The third-order valence-electron chi connectivity index (χ3n) is 6.10. The number of sulfonamides is 1. The van der Waals surface area contributed by atoms with Gasteiger partial charge in [0, 0.05) is 50.6 Å². The Morgan fingerprint density at radius 2 is 1.71 bits per heavy atom. The predicted molar refractivity (Wildman–Crippen MR) is 123 cm³/mol. The van der Waals surface area contributed by atoms with Gasteiger partial charge in [0.25, 0.3) is 0 Å². The summed E-state index contributed by atoms with van der Waals surface area (Å²) in [6, 6.07) is 13.0. The number of anilines is 2. The molecule has 2 aliphatic rings. The lowest BCUT2D eigenvalue weighted by Crippen LogP contribution is -2.50. The number of hydrogen-bond acceptors (Lipinski definition) is 5. The van der Waals surface area contributed by atoms with Crippen molar-refractivity contribution < 1.29 is 13.2 Å². The van der Waals surface area contributed by atoms with Crippen molar-refractivity contribution in [1.82, 2.24) is 9.21 Å². The Hall–Kier alpha value is -2.42. The molecule has 166 valence electrons. The van der Waals surface area contributed by atoms with Gasteiger partial charge in [-0.1, -0.05) is 23.8 Å². The summed E-state index contributed by atoms with van der Waals surface area (Å²) in [5, 5.41) is 3.00. The van der Waals surface area contributed by atoms with E-state index in [-0.39, 0.29) is 12.5 Å². The predicted octanol–water partition coefficient (Wildman–Crippen LogP) is 2.32. The van der Waals surface area contributed by atoms with E-state index in [1.54, 1.807) is 12.1 Å². The standard InChI is InChI=1S/C23H30N4O3S/c1-3-26-11-10-19-6-7-20(16-22(19)26)24-23(28)17-25-12-14-27(15-13-25)31(29,30)21-8-4-18(2)5-9-21/h4-9,16H,3,10-15,17H2,1-2H3,(H,24,28). The zero-order valence-electron chi connectivity index (χ0n) is 18.2. The van der Waals surface area contributed by atoms with Crippen LogP contribution in [0.1, 0.15) is 18.1 Å². The summed E-state index contributed by atoms with van der Waals surface area (Å²) >= 11 is 0. The number of carbonyl (C=O) groups excluding carboxylic acids is 1. The normalized spacial score (nSPS) is 17.5. The van der Waals surface area contributed by atoms with E-state index in [9.17, 15) is 13.2 Å². The van der Waals surface area contributed by atoms with Crippen LogP contribution in [-0.4, -0.2) is 69.3 Å². The lowest BCUT2D eigenvalue weighted by molar-refractivity contribution is -0.117. The largest absolute Gasteiger partial charge is 0.371 e. The molecule has 0 spiro atoms. The maximum Gasteiger partial charge on any atom is 0.243 e. The van der Waals surface area contributed by atoms with E-state index in [2.05, 4.69) is 29.3 Å². The van der Waals surface area contributed by atoms with Gasteiger partial charge < -0.3 is 10.2 Å². The second kappa shape index (κ2) is 8.98. The van der Waals surface area contributed by atoms with Crippen LogP contribution in [0.3, 0.4) is 0 Å². The lowest BCUT2D eigenvalue weighted by atomic mass is 10.1. The van der Waals surface area contributed by atoms with Crippen LogP contribution in [0.25, 0.3) is 0 Å². The molecule has 0 aliphatic carbocycles. The Bertz CT molecular complexity index is 1040. The number of carbonyl (C=O) groups is 1. The quantitative estimate of drug-likeness (QED) is 0.743. The lowest BCUT2D eigenvalue weighted by Gasteiger charge is -2.33. The molecule has 31 heavy (non-hydrogen) atoms. The van der Waals surface area contributed by atoms with E-state index in [0.29, 0.717) is 31.1 Å². The van der Waals surface area contributed by atoms with Gasteiger partial charge in [-0.2, -0.15) is 4.31 Å². The Morgan fingerprint density at radius 3 is 2.39 bits per heavy atom. The van der Waals surface area contributed by atoms with Crippen LogP contribution < -0.4 is 10.2 Å². The number of benzene rings is 2. The van der Waals surface area contributed by atoms with Crippen LogP contribution in [0, 0.1) is 6.92 Å². The van der Waals surface area contributed by atoms with Gasteiger partial charge in [-0.15, -0.1) is 0 Å². The highest BCUT2D eigenvalue weighted by molar-refractivity contribution is 7.89. The number of nitrogens with zero attached hydrogens (tertiary/aromatic N) is 3. The molecule has 0 radical (unpaired) electrons. The van der Waals surface area contributed by atoms with Crippen molar-refractivity contribution in [2.75, 3.05) is 56.0 Å². The first-order valence-corrected chi connectivity index (χ1v) is 12.3. The summed E-state index contributed by atoms with van der Waals surface area (Å²) in [5.41, 5.74) is 4.37. The SMILES string of the molecule is CCN1CCc2ccc(NC(=O)CN3CCN(S(=O)(=O)c4ccc(C)cc4)CC3)cc21. The Morgan fingerprint density at radius 1 is 1.00 bits per heavy atom. The minimum absolute atomic E-state index is 0.0733.